The molecule has 0 spiro atoms. The van der Waals surface area contributed by atoms with Crippen molar-refractivity contribution in [2.75, 3.05) is 25.6 Å². The number of nitrogens with zero attached hydrogens (tertiary/aromatic N) is 1. The summed E-state index contributed by atoms with van der Waals surface area (Å²) >= 11 is 1.71. The quantitative estimate of drug-likeness (QED) is 0.719. The van der Waals surface area contributed by atoms with Gasteiger partial charge in [0.25, 0.3) is 0 Å². The van der Waals surface area contributed by atoms with Crippen LogP contribution in [0.1, 0.15) is 18.9 Å². The Morgan fingerprint density at radius 3 is 2.59 bits per heavy atom. The number of rotatable bonds is 9. The fourth-order valence-corrected chi connectivity index (χ4v) is 2.43. The second-order valence-corrected chi connectivity index (χ2v) is 6.37. The molecule has 0 aliphatic carbocycles. The molecule has 0 fully saturated rings. The molecular weight excluding hydrogens is 318 g/mol. The van der Waals surface area contributed by atoms with Crippen molar-refractivity contribution in [3.05, 3.63) is 35.9 Å². The van der Waals surface area contributed by atoms with Gasteiger partial charge in [-0.05, 0) is 38.0 Å². The summed E-state index contributed by atoms with van der Waals surface area (Å²) in [5.41, 5.74) is 7.12. The first-order chi connectivity index (χ1) is 10.0. The highest BCUT2D eigenvalue weighted by atomic mass is 35.5. The van der Waals surface area contributed by atoms with E-state index in [1.54, 1.807) is 11.8 Å². The van der Waals surface area contributed by atoms with Crippen LogP contribution in [0.2, 0.25) is 0 Å². The molecule has 6 heteroatoms. The number of nitrogens with one attached hydrogen (secondary N) is 1. The maximum Gasteiger partial charge on any atom is 0.237 e. The number of thioether (sulfide) groups is 1. The summed E-state index contributed by atoms with van der Waals surface area (Å²) in [6.07, 6.45) is 2.74. The molecular formula is C16H28ClN3OS. The normalized spacial score (nSPS) is 13.3. The van der Waals surface area contributed by atoms with Crippen molar-refractivity contribution < 1.29 is 4.79 Å². The van der Waals surface area contributed by atoms with E-state index in [0.717, 1.165) is 18.7 Å². The van der Waals surface area contributed by atoms with Gasteiger partial charge in [0, 0.05) is 19.1 Å². The number of hydrogen-bond acceptors (Lipinski definition) is 4. The van der Waals surface area contributed by atoms with E-state index in [4.69, 9.17) is 5.73 Å². The molecule has 2 atom stereocenters. The minimum absolute atomic E-state index is 0. The van der Waals surface area contributed by atoms with Crippen molar-refractivity contribution in [2.45, 2.75) is 32.0 Å². The molecule has 0 heterocycles. The number of halogens is 1. The lowest BCUT2D eigenvalue weighted by molar-refractivity contribution is -0.122. The first-order valence-corrected chi connectivity index (χ1v) is 8.70. The first kappa shape index (κ1) is 21.2. The van der Waals surface area contributed by atoms with Crippen LogP contribution < -0.4 is 11.1 Å². The molecule has 0 aromatic heterocycles. The van der Waals surface area contributed by atoms with Gasteiger partial charge in [0.1, 0.15) is 0 Å². The van der Waals surface area contributed by atoms with Crippen molar-refractivity contribution in [3.63, 3.8) is 0 Å². The van der Waals surface area contributed by atoms with Crippen molar-refractivity contribution in [3.8, 4) is 0 Å². The Labute approximate surface area is 144 Å². The van der Waals surface area contributed by atoms with Crippen LogP contribution in [0, 0.1) is 0 Å². The molecule has 3 N–H and O–H groups in total. The minimum Gasteiger partial charge on any atom is -0.353 e. The van der Waals surface area contributed by atoms with E-state index in [-0.39, 0.29) is 24.4 Å². The molecule has 1 aromatic carbocycles. The third kappa shape index (κ3) is 8.03. The molecule has 1 amide bonds. The van der Waals surface area contributed by atoms with E-state index in [0.29, 0.717) is 6.54 Å². The number of carbonyl (C=O) groups excluding carboxylic acids is 1. The summed E-state index contributed by atoms with van der Waals surface area (Å²) in [5, 5.41) is 2.94. The highest BCUT2D eigenvalue weighted by Crippen LogP contribution is 2.05. The molecule has 0 bridgehead atoms. The summed E-state index contributed by atoms with van der Waals surface area (Å²) < 4.78 is 0. The maximum absolute atomic E-state index is 11.9. The van der Waals surface area contributed by atoms with Crippen LogP contribution in [-0.4, -0.2) is 48.5 Å². The van der Waals surface area contributed by atoms with Crippen LogP contribution in [0.15, 0.2) is 30.3 Å². The second-order valence-electron chi connectivity index (χ2n) is 5.38. The van der Waals surface area contributed by atoms with Crippen LogP contribution in [-0.2, 0) is 11.3 Å². The fourth-order valence-electron chi connectivity index (χ4n) is 1.94. The molecule has 1 rings (SSSR count). The third-order valence-electron chi connectivity index (χ3n) is 3.57. The molecule has 1 aromatic rings. The number of benzene rings is 1. The number of nitrogens with two attached hydrogens (primary N) is 1. The predicted molar refractivity (Wildman–Crippen MR) is 98.6 cm³/mol. The van der Waals surface area contributed by atoms with E-state index in [9.17, 15) is 4.79 Å². The molecule has 0 aliphatic rings. The average Bonchev–Trinajstić information content (AvgIpc) is 2.50. The molecule has 0 saturated carbocycles. The van der Waals surface area contributed by atoms with Gasteiger partial charge in [0.15, 0.2) is 0 Å². The Kier molecular flexibility index (Phi) is 11.4. The van der Waals surface area contributed by atoms with Crippen LogP contribution in [0.3, 0.4) is 0 Å². The number of carbonyl (C=O) groups is 1. The van der Waals surface area contributed by atoms with Crippen LogP contribution in [0.5, 0.6) is 0 Å². The van der Waals surface area contributed by atoms with Gasteiger partial charge in [-0.3, -0.25) is 9.69 Å². The Bertz CT molecular complexity index is 419. The summed E-state index contributed by atoms with van der Waals surface area (Å²) in [5.74, 6) is 0.863. The first-order valence-electron chi connectivity index (χ1n) is 7.31. The smallest absolute Gasteiger partial charge is 0.237 e. The second kappa shape index (κ2) is 11.8. The van der Waals surface area contributed by atoms with Gasteiger partial charge >= 0.3 is 0 Å². The molecule has 0 aliphatic heterocycles. The van der Waals surface area contributed by atoms with E-state index < -0.39 is 6.04 Å². The van der Waals surface area contributed by atoms with Gasteiger partial charge in [0.05, 0.1) is 6.04 Å². The van der Waals surface area contributed by atoms with Crippen molar-refractivity contribution in [1.29, 1.82) is 0 Å². The average molecular weight is 346 g/mol. The Morgan fingerprint density at radius 2 is 2.00 bits per heavy atom. The summed E-state index contributed by atoms with van der Waals surface area (Å²) in [4.78, 5) is 14.1. The van der Waals surface area contributed by atoms with Gasteiger partial charge in [-0.1, -0.05) is 30.3 Å². The fraction of sp³-hybridized carbons (Fsp3) is 0.562. The Morgan fingerprint density at radius 1 is 1.36 bits per heavy atom. The van der Waals surface area contributed by atoms with E-state index in [2.05, 4.69) is 36.3 Å². The van der Waals surface area contributed by atoms with E-state index in [1.165, 1.54) is 5.56 Å². The Balaban J connectivity index is 0.00000441. The summed E-state index contributed by atoms with van der Waals surface area (Å²) in [6, 6.07) is 10.2. The van der Waals surface area contributed by atoms with Gasteiger partial charge in [-0.2, -0.15) is 11.8 Å². The monoisotopic (exact) mass is 345 g/mol. The Hall–Kier alpha value is -0.750. The predicted octanol–water partition coefficient (Wildman–Crippen LogP) is 2.13. The van der Waals surface area contributed by atoms with E-state index in [1.807, 2.05) is 24.5 Å². The van der Waals surface area contributed by atoms with Gasteiger partial charge in [0.2, 0.25) is 5.91 Å². The van der Waals surface area contributed by atoms with Gasteiger partial charge in [-0.25, -0.2) is 0 Å². The van der Waals surface area contributed by atoms with Crippen LogP contribution in [0.4, 0.5) is 0 Å². The van der Waals surface area contributed by atoms with E-state index >= 15 is 0 Å². The lowest BCUT2D eigenvalue weighted by Crippen LogP contribution is -2.46. The third-order valence-corrected chi connectivity index (χ3v) is 4.21. The molecule has 0 saturated heterocycles. The van der Waals surface area contributed by atoms with Crippen molar-refractivity contribution in [1.82, 2.24) is 10.2 Å². The zero-order valence-corrected chi connectivity index (χ0v) is 15.3. The maximum atomic E-state index is 11.9. The zero-order valence-electron chi connectivity index (χ0n) is 13.6. The van der Waals surface area contributed by atoms with Crippen LogP contribution >= 0.6 is 24.2 Å². The number of hydrogen-bond donors (Lipinski definition) is 2. The lowest BCUT2D eigenvalue weighted by atomic mass is 10.2. The van der Waals surface area contributed by atoms with Gasteiger partial charge < -0.3 is 11.1 Å². The SMILES string of the molecule is CSCC[C@H](N)C(=O)NCC(C)N(C)Cc1ccccc1.Cl. The molecule has 126 valence electrons. The molecule has 0 radical (unpaired) electrons. The lowest BCUT2D eigenvalue weighted by Gasteiger charge is -2.25. The molecule has 4 nitrogen and oxygen atoms in total. The van der Waals surface area contributed by atoms with Crippen molar-refractivity contribution in [2.24, 2.45) is 5.73 Å². The van der Waals surface area contributed by atoms with Crippen LogP contribution in [0.25, 0.3) is 0 Å². The van der Waals surface area contributed by atoms with Crippen molar-refractivity contribution >= 4 is 30.1 Å². The highest BCUT2D eigenvalue weighted by Gasteiger charge is 2.15. The summed E-state index contributed by atoms with van der Waals surface area (Å²) in [6.45, 7) is 3.60. The zero-order chi connectivity index (χ0) is 15.7. The number of amides is 1. The topological polar surface area (TPSA) is 58.4 Å². The standard InChI is InChI=1S/C16H27N3OS.ClH/c1-13(11-18-16(20)15(17)9-10-21-3)19(2)12-14-7-5-4-6-8-14;/h4-8,13,15H,9-12,17H2,1-3H3,(H,18,20);1H/t13?,15-;/m0./s1. The minimum atomic E-state index is -0.399. The molecule has 1 unspecified atom stereocenters. The largest absolute Gasteiger partial charge is 0.353 e. The van der Waals surface area contributed by atoms with Gasteiger partial charge in [-0.15, -0.1) is 12.4 Å². The summed E-state index contributed by atoms with van der Waals surface area (Å²) in [7, 11) is 2.07. The highest BCUT2D eigenvalue weighted by molar-refractivity contribution is 7.98. The molecule has 22 heavy (non-hydrogen) atoms. The number of likely N-dealkylation sites (N-methyl/N-ethyl adjacent to an activating group) is 1.